The molecule has 0 radical (unpaired) electrons. The van der Waals surface area contributed by atoms with Crippen molar-refractivity contribution in [3.63, 3.8) is 0 Å². The maximum Gasteiger partial charge on any atom is -0.00788 e. The van der Waals surface area contributed by atoms with Gasteiger partial charge in [0.1, 0.15) is 0 Å². The van der Waals surface area contributed by atoms with E-state index in [0.717, 1.165) is 24.7 Å². The summed E-state index contributed by atoms with van der Waals surface area (Å²) in [6, 6.07) is 0. The summed E-state index contributed by atoms with van der Waals surface area (Å²) in [5.41, 5.74) is 4.01. The first-order valence-electron chi connectivity index (χ1n) is 12.9. The maximum atomic E-state index is 3.78. The molecule has 0 heteroatoms. The Morgan fingerprint density at radius 2 is 1.44 bits per heavy atom. The van der Waals surface area contributed by atoms with E-state index in [2.05, 4.69) is 98.4 Å². The third-order valence-electron chi connectivity index (χ3n) is 5.29. The number of allylic oxidation sites excluding steroid dienone is 9. The molecule has 1 rings (SSSR count). The van der Waals surface area contributed by atoms with Crippen LogP contribution in [-0.2, 0) is 0 Å². The Kier molecular flexibility index (Phi) is 32.9. The van der Waals surface area contributed by atoms with E-state index in [0.29, 0.717) is 5.92 Å². The van der Waals surface area contributed by atoms with Gasteiger partial charge in [-0.1, -0.05) is 141 Å². The van der Waals surface area contributed by atoms with E-state index < -0.39 is 0 Å². The molecule has 0 aromatic heterocycles. The molecule has 1 saturated carbocycles. The molecule has 1 aliphatic rings. The van der Waals surface area contributed by atoms with Crippen LogP contribution >= 0.6 is 0 Å². The Morgan fingerprint density at radius 1 is 0.938 bits per heavy atom. The van der Waals surface area contributed by atoms with Gasteiger partial charge in [-0.3, -0.25) is 0 Å². The van der Waals surface area contributed by atoms with E-state index in [1.165, 1.54) is 48.8 Å². The molecule has 0 aromatic rings. The third kappa shape index (κ3) is 30.9. The van der Waals surface area contributed by atoms with Crippen LogP contribution in [0, 0.1) is 17.8 Å². The Labute approximate surface area is 206 Å². The lowest BCUT2D eigenvalue weighted by atomic mass is 10.0. The first-order chi connectivity index (χ1) is 14.7. The highest BCUT2D eigenvalue weighted by Gasteiger charge is 2.11. The second-order valence-corrected chi connectivity index (χ2v) is 9.12. The summed E-state index contributed by atoms with van der Waals surface area (Å²) in [6.07, 6.45) is 22.6. The van der Waals surface area contributed by atoms with E-state index >= 15 is 0 Å². The molecule has 0 heterocycles. The maximum absolute atomic E-state index is 3.78. The highest BCUT2D eigenvalue weighted by atomic mass is 14.2. The zero-order valence-corrected chi connectivity index (χ0v) is 23.4. The second kappa shape index (κ2) is 27.7. The van der Waals surface area contributed by atoms with Crippen molar-refractivity contribution in [2.75, 3.05) is 0 Å². The van der Waals surface area contributed by atoms with Crippen LogP contribution in [0.5, 0.6) is 0 Å². The predicted octanol–water partition coefficient (Wildman–Crippen LogP) is 11.9. The molecule has 32 heavy (non-hydrogen) atoms. The largest absolute Gasteiger partial charge is 0.0998 e. The molecule has 3 atom stereocenters. The monoisotopic (exact) mass is 446 g/mol. The molecule has 0 aliphatic heterocycles. The van der Waals surface area contributed by atoms with Gasteiger partial charge in [-0.15, -0.1) is 0 Å². The van der Waals surface area contributed by atoms with Crippen molar-refractivity contribution in [1.29, 1.82) is 0 Å². The molecule has 0 bridgehead atoms. The van der Waals surface area contributed by atoms with Crippen molar-refractivity contribution < 1.29 is 0 Å². The summed E-state index contributed by atoms with van der Waals surface area (Å²) in [5.74, 6) is 2.57. The van der Waals surface area contributed by atoms with E-state index in [1.54, 1.807) is 0 Å². The van der Waals surface area contributed by atoms with E-state index in [4.69, 9.17) is 0 Å². The van der Waals surface area contributed by atoms with E-state index in [-0.39, 0.29) is 7.43 Å². The standard InChI is InChI=1S/C12H20.C9H18.C8H14.C2H6.CH4/c1-5-8-11(4)9-10-12(6-2)7-3;1-8-4-3-5-9(2)7-6-8;1-7(2)5-6-8(3)4;1-2;/h5-6,8-11H,7H2,1-4H3;8-9H,3-7H2,1-2H3;6H,1,5H2,2-4H3;1-2H3;1H4/b8-5-,10-9-,12-6-;;;;. The van der Waals surface area contributed by atoms with Gasteiger partial charge in [-0.05, 0) is 65.2 Å². The van der Waals surface area contributed by atoms with Crippen molar-refractivity contribution in [3.05, 3.63) is 59.8 Å². The van der Waals surface area contributed by atoms with Crippen LogP contribution in [0.2, 0.25) is 0 Å². The van der Waals surface area contributed by atoms with Gasteiger partial charge in [-0.2, -0.15) is 0 Å². The average molecular weight is 447 g/mol. The lowest BCUT2D eigenvalue weighted by Crippen LogP contribution is -1.91. The van der Waals surface area contributed by atoms with Crippen molar-refractivity contribution in [2.45, 2.75) is 129 Å². The normalized spacial score (nSPS) is 19.0. The lowest BCUT2D eigenvalue weighted by molar-refractivity contribution is 0.476. The molecule has 0 nitrogen and oxygen atoms in total. The van der Waals surface area contributed by atoms with Crippen molar-refractivity contribution in [3.8, 4) is 0 Å². The Bertz CT molecular complexity index is 498. The fourth-order valence-corrected chi connectivity index (χ4v) is 3.11. The summed E-state index contributed by atoms with van der Waals surface area (Å²) in [6.45, 7) is 27.3. The van der Waals surface area contributed by atoms with Crippen LogP contribution < -0.4 is 0 Å². The summed E-state index contributed by atoms with van der Waals surface area (Å²) in [7, 11) is 0. The highest BCUT2D eigenvalue weighted by Crippen LogP contribution is 2.25. The summed E-state index contributed by atoms with van der Waals surface area (Å²) < 4.78 is 0. The Morgan fingerprint density at radius 3 is 1.75 bits per heavy atom. The fraction of sp³-hybridized carbons (Fsp3) is 0.688. The van der Waals surface area contributed by atoms with Gasteiger partial charge in [-0.25, -0.2) is 0 Å². The molecule has 1 aliphatic carbocycles. The van der Waals surface area contributed by atoms with Crippen LogP contribution in [0.1, 0.15) is 129 Å². The van der Waals surface area contributed by atoms with Gasteiger partial charge in [0.25, 0.3) is 0 Å². The molecule has 1 fully saturated rings. The minimum atomic E-state index is 0. The Balaban J connectivity index is -0.000000177. The predicted molar refractivity (Wildman–Crippen MR) is 156 cm³/mol. The zero-order chi connectivity index (χ0) is 24.7. The number of hydrogen-bond acceptors (Lipinski definition) is 0. The van der Waals surface area contributed by atoms with Gasteiger partial charge in [0.05, 0.1) is 0 Å². The lowest BCUT2D eigenvalue weighted by Gasteiger charge is -2.05. The first kappa shape index (κ1) is 38.0. The van der Waals surface area contributed by atoms with Crippen LogP contribution in [0.15, 0.2) is 59.8 Å². The topological polar surface area (TPSA) is 0 Å². The van der Waals surface area contributed by atoms with E-state index in [9.17, 15) is 0 Å². The number of rotatable bonds is 6. The molecule has 0 amide bonds. The molecule has 0 saturated heterocycles. The van der Waals surface area contributed by atoms with Crippen molar-refractivity contribution in [1.82, 2.24) is 0 Å². The molecule has 0 spiro atoms. The van der Waals surface area contributed by atoms with Crippen LogP contribution in [0.25, 0.3) is 0 Å². The van der Waals surface area contributed by atoms with Gasteiger partial charge in [0.2, 0.25) is 0 Å². The highest BCUT2D eigenvalue weighted by molar-refractivity contribution is 5.18. The van der Waals surface area contributed by atoms with Crippen LogP contribution in [0.4, 0.5) is 0 Å². The van der Waals surface area contributed by atoms with Crippen molar-refractivity contribution >= 4 is 0 Å². The molecule has 3 unspecified atom stereocenters. The van der Waals surface area contributed by atoms with Crippen LogP contribution in [0.3, 0.4) is 0 Å². The SMILES string of the molecule is C.C/C=C\C(C)/C=C\C(=C/C)CC.C=C(C)CC=C(C)C.CC.CC1CCCC(C)CC1. The molecule has 190 valence electrons. The number of hydrogen-bond donors (Lipinski definition) is 0. The Hall–Kier alpha value is -1.30. The van der Waals surface area contributed by atoms with Crippen LogP contribution in [-0.4, -0.2) is 0 Å². The average Bonchev–Trinajstić information content (AvgIpc) is 2.93. The first-order valence-corrected chi connectivity index (χ1v) is 12.9. The second-order valence-electron chi connectivity index (χ2n) is 9.12. The minimum Gasteiger partial charge on any atom is -0.0998 e. The quantitative estimate of drug-likeness (QED) is 0.216. The van der Waals surface area contributed by atoms with Gasteiger partial charge in [0.15, 0.2) is 0 Å². The summed E-state index contributed by atoms with van der Waals surface area (Å²) in [5, 5.41) is 0. The summed E-state index contributed by atoms with van der Waals surface area (Å²) >= 11 is 0. The molecular weight excluding hydrogens is 384 g/mol. The third-order valence-corrected chi connectivity index (χ3v) is 5.29. The van der Waals surface area contributed by atoms with Gasteiger partial charge >= 0.3 is 0 Å². The smallest absolute Gasteiger partial charge is 0.00788 e. The van der Waals surface area contributed by atoms with Gasteiger partial charge in [0, 0.05) is 0 Å². The molecule has 0 aromatic carbocycles. The fourth-order valence-electron chi connectivity index (χ4n) is 3.11. The molecular formula is C32H62. The summed E-state index contributed by atoms with van der Waals surface area (Å²) in [4.78, 5) is 0. The zero-order valence-electron chi connectivity index (χ0n) is 23.4. The van der Waals surface area contributed by atoms with Gasteiger partial charge < -0.3 is 0 Å². The van der Waals surface area contributed by atoms with Crippen molar-refractivity contribution in [2.24, 2.45) is 17.8 Å². The minimum absolute atomic E-state index is 0. The molecule has 0 N–H and O–H groups in total. The van der Waals surface area contributed by atoms with E-state index in [1.807, 2.05) is 20.8 Å².